The van der Waals surface area contributed by atoms with Crippen LogP contribution in [0.5, 0.6) is 0 Å². The Morgan fingerprint density at radius 2 is 2.47 bits per heavy atom. The second-order valence-corrected chi connectivity index (χ2v) is 3.83. The SMILES string of the molecule is Nc1ncncc1N1CC(CCl)CC1=O. The van der Waals surface area contributed by atoms with Crippen LogP contribution in [-0.4, -0.2) is 28.3 Å². The van der Waals surface area contributed by atoms with E-state index in [0.29, 0.717) is 30.4 Å². The highest BCUT2D eigenvalue weighted by atomic mass is 35.5. The minimum atomic E-state index is 0.0298. The number of rotatable bonds is 2. The predicted octanol–water partition coefficient (Wildman–Crippen LogP) is 0.651. The fraction of sp³-hybridized carbons (Fsp3) is 0.444. The van der Waals surface area contributed by atoms with Crippen LogP contribution in [0.4, 0.5) is 11.5 Å². The zero-order valence-electron chi connectivity index (χ0n) is 8.06. The number of nitrogen functional groups attached to an aromatic ring is 1. The Kier molecular flexibility index (Phi) is 2.73. The van der Waals surface area contributed by atoms with Gasteiger partial charge in [0.05, 0.1) is 6.20 Å². The van der Waals surface area contributed by atoms with Gasteiger partial charge in [0.25, 0.3) is 0 Å². The summed E-state index contributed by atoms with van der Waals surface area (Å²) in [6, 6.07) is 0. The van der Waals surface area contributed by atoms with Gasteiger partial charge in [0.1, 0.15) is 12.0 Å². The molecule has 1 aliphatic heterocycles. The van der Waals surface area contributed by atoms with E-state index < -0.39 is 0 Å². The first-order valence-electron chi connectivity index (χ1n) is 4.64. The number of anilines is 2. The molecule has 0 aromatic carbocycles. The van der Waals surface area contributed by atoms with Gasteiger partial charge in [-0.25, -0.2) is 9.97 Å². The second kappa shape index (κ2) is 4.02. The van der Waals surface area contributed by atoms with Gasteiger partial charge in [-0.1, -0.05) is 0 Å². The number of alkyl halides is 1. The smallest absolute Gasteiger partial charge is 0.227 e. The minimum Gasteiger partial charge on any atom is -0.382 e. The highest BCUT2D eigenvalue weighted by Gasteiger charge is 2.31. The first-order valence-corrected chi connectivity index (χ1v) is 5.17. The number of hydrogen-bond donors (Lipinski definition) is 1. The lowest BCUT2D eigenvalue weighted by Gasteiger charge is -2.16. The van der Waals surface area contributed by atoms with Crippen LogP contribution in [0.3, 0.4) is 0 Å². The van der Waals surface area contributed by atoms with Crippen molar-refractivity contribution in [1.29, 1.82) is 0 Å². The van der Waals surface area contributed by atoms with Crippen LogP contribution in [0, 0.1) is 5.92 Å². The number of carbonyl (C=O) groups excluding carboxylic acids is 1. The van der Waals surface area contributed by atoms with Gasteiger partial charge >= 0.3 is 0 Å². The molecule has 0 spiro atoms. The van der Waals surface area contributed by atoms with E-state index in [1.54, 1.807) is 11.1 Å². The Hall–Kier alpha value is -1.36. The monoisotopic (exact) mass is 226 g/mol. The summed E-state index contributed by atoms with van der Waals surface area (Å²) in [6.45, 7) is 0.597. The zero-order chi connectivity index (χ0) is 10.8. The summed E-state index contributed by atoms with van der Waals surface area (Å²) in [5, 5.41) is 0. The molecule has 2 heterocycles. The molecule has 0 saturated carbocycles. The molecule has 0 aliphatic carbocycles. The van der Waals surface area contributed by atoms with Gasteiger partial charge < -0.3 is 10.6 Å². The Balaban J connectivity index is 2.25. The van der Waals surface area contributed by atoms with E-state index in [4.69, 9.17) is 17.3 Å². The lowest BCUT2D eigenvalue weighted by molar-refractivity contribution is -0.117. The first kappa shape index (κ1) is 10.2. The summed E-state index contributed by atoms with van der Waals surface area (Å²) in [5.74, 6) is 1.03. The van der Waals surface area contributed by atoms with E-state index in [9.17, 15) is 4.79 Å². The fourth-order valence-electron chi connectivity index (χ4n) is 1.66. The maximum atomic E-state index is 11.7. The van der Waals surface area contributed by atoms with Crippen LogP contribution in [0.25, 0.3) is 0 Å². The highest BCUT2D eigenvalue weighted by molar-refractivity contribution is 6.18. The van der Waals surface area contributed by atoms with Crippen LogP contribution in [0.15, 0.2) is 12.5 Å². The van der Waals surface area contributed by atoms with Crippen molar-refractivity contribution in [3.05, 3.63) is 12.5 Å². The molecule has 80 valence electrons. The zero-order valence-corrected chi connectivity index (χ0v) is 8.81. The van der Waals surface area contributed by atoms with Crippen molar-refractivity contribution in [3.63, 3.8) is 0 Å². The van der Waals surface area contributed by atoms with Gasteiger partial charge in [0, 0.05) is 18.8 Å². The lowest BCUT2D eigenvalue weighted by Crippen LogP contribution is -2.26. The topological polar surface area (TPSA) is 72.1 Å². The van der Waals surface area contributed by atoms with Crippen molar-refractivity contribution in [2.24, 2.45) is 5.92 Å². The molecular weight excluding hydrogens is 216 g/mol. The van der Waals surface area contributed by atoms with Gasteiger partial charge in [-0.2, -0.15) is 0 Å². The number of carbonyl (C=O) groups is 1. The molecule has 15 heavy (non-hydrogen) atoms. The van der Waals surface area contributed by atoms with E-state index in [1.807, 2.05) is 0 Å². The van der Waals surface area contributed by atoms with Crippen molar-refractivity contribution < 1.29 is 4.79 Å². The summed E-state index contributed by atoms with van der Waals surface area (Å²) in [4.78, 5) is 21.0. The number of nitrogens with zero attached hydrogens (tertiary/aromatic N) is 3. The molecule has 6 heteroatoms. The molecule has 1 atom stereocenters. The fourth-order valence-corrected chi connectivity index (χ4v) is 1.86. The Morgan fingerprint density at radius 1 is 1.67 bits per heavy atom. The number of amides is 1. The Bertz CT molecular complexity index is 384. The number of halogens is 1. The molecule has 1 unspecified atom stereocenters. The molecule has 0 bridgehead atoms. The van der Waals surface area contributed by atoms with Crippen LogP contribution >= 0.6 is 11.6 Å². The third-order valence-corrected chi connectivity index (χ3v) is 2.87. The van der Waals surface area contributed by atoms with Crippen LogP contribution in [0.2, 0.25) is 0 Å². The van der Waals surface area contributed by atoms with Crippen molar-refractivity contribution in [1.82, 2.24) is 9.97 Å². The normalized spacial score (nSPS) is 21.0. The van der Waals surface area contributed by atoms with Gasteiger partial charge in [-0.3, -0.25) is 4.79 Å². The third kappa shape index (κ3) is 1.87. The number of nitrogens with two attached hydrogens (primary N) is 1. The van der Waals surface area contributed by atoms with E-state index in [1.165, 1.54) is 6.33 Å². The molecule has 2 N–H and O–H groups in total. The summed E-state index contributed by atoms with van der Waals surface area (Å²) in [6.07, 6.45) is 3.38. The van der Waals surface area contributed by atoms with Crippen LogP contribution in [0.1, 0.15) is 6.42 Å². The van der Waals surface area contributed by atoms with Crippen molar-refractivity contribution in [2.75, 3.05) is 23.1 Å². The Labute approximate surface area is 92.3 Å². The summed E-state index contributed by atoms with van der Waals surface area (Å²) < 4.78 is 0. The summed E-state index contributed by atoms with van der Waals surface area (Å²) >= 11 is 5.72. The maximum Gasteiger partial charge on any atom is 0.227 e. The summed E-state index contributed by atoms with van der Waals surface area (Å²) in [7, 11) is 0. The number of aromatic nitrogens is 2. The average Bonchev–Trinajstić information content (AvgIpc) is 2.60. The lowest BCUT2D eigenvalue weighted by atomic mass is 10.1. The molecule has 1 aromatic heterocycles. The van der Waals surface area contributed by atoms with Crippen LogP contribution < -0.4 is 10.6 Å². The Morgan fingerprint density at radius 3 is 3.07 bits per heavy atom. The molecule has 0 radical (unpaired) electrons. The van der Waals surface area contributed by atoms with E-state index in [2.05, 4.69) is 9.97 Å². The molecule has 5 nitrogen and oxygen atoms in total. The average molecular weight is 227 g/mol. The van der Waals surface area contributed by atoms with Gasteiger partial charge in [-0.15, -0.1) is 11.6 Å². The first-order chi connectivity index (χ1) is 7.22. The molecular formula is C9H11ClN4O. The molecule has 2 rings (SSSR count). The standard InChI is InChI=1S/C9H11ClN4O/c10-2-6-1-8(15)14(4-6)7-3-12-5-13-9(7)11/h3,5-6H,1-2,4H2,(H2,11,12,13). The predicted molar refractivity (Wildman–Crippen MR) is 57.6 cm³/mol. The maximum absolute atomic E-state index is 11.7. The molecule has 1 fully saturated rings. The van der Waals surface area contributed by atoms with Crippen molar-refractivity contribution in [2.45, 2.75) is 6.42 Å². The quantitative estimate of drug-likeness (QED) is 0.752. The van der Waals surface area contributed by atoms with Gasteiger partial charge in [-0.05, 0) is 5.92 Å². The van der Waals surface area contributed by atoms with E-state index in [0.717, 1.165) is 0 Å². The molecule has 1 amide bonds. The molecule has 1 saturated heterocycles. The second-order valence-electron chi connectivity index (χ2n) is 3.52. The van der Waals surface area contributed by atoms with E-state index >= 15 is 0 Å². The highest BCUT2D eigenvalue weighted by Crippen LogP contribution is 2.27. The molecule has 1 aliphatic rings. The minimum absolute atomic E-state index is 0.0298. The number of hydrogen-bond acceptors (Lipinski definition) is 4. The van der Waals surface area contributed by atoms with Crippen molar-refractivity contribution >= 4 is 29.0 Å². The van der Waals surface area contributed by atoms with Crippen LogP contribution in [-0.2, 0) is 4.79 Å². The third-order valence-electron chi connectivity index (χ3n) is 2.44. The molecule has 1 aromatic rings. The summed E-state index contributed by atoms with van der Waals surface area (Å²) in [5.41, 5.74) is 6.25. The largest absolute Gasteiger partial charge is 0.382 e. The van der Waals surface area contributed by atoms with E-state index in [-0.39, 0.29) is 11.8 Å². The van der Waals surface area contributed by atoms with Crippen molar-refractivity contribution in [3.8, 4) is 0 Å². The van der Waals surface area contributed by atoms with Gasteiger partial charge in [0.15, 0.2) is 5.82 Å². The van der Waals surface area contributed by atoms with Gasteiger partial charge in [0.2, 0.25) is 5.91 Å².